The fraction of sp³-hybridized carbons (Fsp3) is 0.364. The van der Waals surface area contributed by atoms with Gasteiger partial charge in [-0.3, -0.25) is 9.59 Å². The summed E-state index contributed by atoms with van der Waals surface area (Å²) in [6.07, 6.45) is 0.889. The predicted molar refractivity (Wildman–Crippen MR) is 111 cm³/mol. The second kappa shape index (κ2) is 9.76. The summed E-state index contributed by atoms with van der Waals surface area (Å²) in [7, 11) is 0. The van der Waals surface area contributed by atoms with Gasteiger partial charge >= 0.3 is 0 Å². The van der Waals surface area contributed by atoms with Crippen molar-refractivity contribution < 1.29 is 9.59 Å². The van der Waals surface area contributed by atoms with Crippen LogP contribution in [0.5, 0.6) is 0 Å². The van der Waals surface area contributed by atoms with Crippen molar-refractivity contribution in [3.63, 3.8) is 0 Å². The minimum atomic E-state index is -0.110. The van der Waals surface area contributed by atoms with Crippen molar-refractivity contribution in [2.75, 3.05) is 17.2 Å². The van der Waals surface area contributed by atoms with E-state index >= 15 is 0 Å². The van der Waals surface area contributed by atoms with E-state index < -0.39 is 0 Å². The minimum absolute atomic E-state index is 0.0843. The normalized spacial score (nSPS) is 11.7. The van der Waals surface area contributed by atoms with E-state index in [1.54, 1.807) is 24.3 Å². The van der Waals surface area contributed by atoms with Crippen molar-refractivity contribution in [1.82, 2.24) is 5.32 Å². The SMILES string of the molecule is CCC(C)NC(=O)c1ccc(NCC(=O)Nc2ccccc2C(C)C)cc1. The van der Waals surface area contributed by atoms with Crippen LogP contribution in [0, 0.1) is 0 Å². The summed E-state index contributed by atoms with van der Waals surface area (Å²) in [5.41, 5.74) is 3.36. The second-order valence-electron chi connectivity index (χ2n) is 7.00. The van der Waals surface area contributed by atoms with Gasteiger partial charge in [0.15, 0.2) is 0 Å². The average molecular weight is 367 g/mol. The Labute approximate surface area is 161 Å². The first-order chi connectivity index (χ1) is 12.9. The van der Waals surface area contributed by atoms with Gasteiger partial charge in [0.25, 0.3) is 5.91 Å². The molecule has 144 valence electrons. The number of hydrogen-bond acceptors (Lipinski definition) is 3. The number of anilines is 2. The van der Waals surface area contributed by atoms with Gasteiger partial charge in [0, 0.05) is 23.0 Å². The third-order valence-corrected chi connectivity index (χ3v) is 4.45. The van der Waals surface area contributed by atoms with Gasteiger partial charge in [-0.1, -0.05) is 39.0 Å². The Morgan fingerprint density at radius 3 is 2.26 bits per heavy atom. The van der Waals surface area contributed by atoms with E-state index in [1.165, 1.54) is 0 Å². The number of hydrogen-bond donors (Lipinski definition) is 3. The van der Waals surface area contributed by atoms with Crippen molar-refractivity contribution in [2.24, 2.45) is 0 Å². The van der Waals surface area contributed by atoms with Gasteiger partial charge in [-0.2, -0.15) is 0 Å². The van der Waals surface area contributed by atoms with Gasteiger partial charge < -0.3 is 16.0 Å². The van der Waals surface area contributed by atoms with Crippen molar-refractivity contribution in [2.45, 2.75) is 46.1 Å². The van der Waals surface area contributed by atoms with Gasteiger partial charge in [-0.15, -0.1) is 0 Å². The van der Waals surface area contributed by atoms with Crippen molar-refractivity contribution >= 4 is 23.2 Å². The molecule has 0 heterocycles. The van der Waals surface area contributed by atoms with E-state index in [1.807, 2.05) is 38.1 Å². The molecule has 0 aliphatic carbocycles. The maximum atomic E-state index is 12.3. The van der Waals surface area contributed by atoms with E-state index in [2.05, 4.69) is 29.8 Å². The molecule has 0 aliphatic heterocycles. The lowest BCUT2D eigenvalue weighted by Crippen LogP contribution is -2.31. The highest BCUT2D eigenvalue weighted by molar-refractivity contribution is 5.95. The number of nitrogens with one attached hydrogen (secondary N) is 3. The number of rotatable bonds is 8. The molecular weight excluding hydrogens is 338 g/mol. The van der Waals surface area contributed by atoms with Crippen LogP contribution in [0.2, 0.25) is 0 Å². The number of carbonyl (C=O) groups excluding carboxylic acids is 2. The molecule has 3 N–H and O–H groups in total. The number of para-hydroxylation sites is 1. The molecule has 0 bridgehead atoms. The van der Waals surface area contributed by atoms with E-state index in [0.29, 0.717) is 11.5 Å². The molecule has 5 nitrogen and oxygen atoms in total. The maximum Gasteiger partial charge on any atom is 0.251 e. The molecule has 0 radical (unpaired) electrons. The Morgan fingerprint density at radius 2 is 1.63 bits per heavy atom. The van der Waals surface area contributed by atoms with Crippen LogP contribution in [-0.2, 0) is 4.79 Å². The highest BCUT2D eigenvalue weighted by atomic mass is 16.2. The molecule has 1 unspecified atom stereocenters. The van der Waals surface area contributed by atoms with Crippen molar-refractivity contribution in [1.29, 1.82) is 0 Å². The first-order valence-corrected chi connectivity index (χ1v) is 9.44. The smallest absolute Gasteiger partial charge is 0.251 e. The van der Waals surface area contributed by atoms with Gasteiger partial charge in [0.2, 0.25) is 5.91 Å². The molecule has 2 aromatic rings. The fourth-order valence-electron chi connectivity index (χ4n) is 2.64. The summed E-state index contributed by atoms with van der Waals surface area (Å²) < 4.78 is 0. The van der Waals surface area contributed by atoms with Crippen LogP contribution in [0.4, 0.5) is 11.4 Å². The van der Waals surface area contributed by atoms with Crippen LogP contribution in [-0.4, -0.2) is 24.4 Å². The molecule has 0 aliphatic rings. The molecule has 0 spiro atoms. The summed E-state index contributed by atoms with van der Waals surface area (Å²) >= 11 is 0. The van der Waals surface area contributed by atoms with Crippen LogP contribution in [0.15, 0.2) is 48.5 Å². The van der Waals surface area contributed by atoms with E-state index in [9.17, 15) is 9.59 Å². The van der Waals surface area contributed by atoms with Gasteiger partial charge in [0.1, 0.15) is 0 Å². The first kappa shape index (κ1) is 20.5. The standard InChI is InChI=1S/C22H29N3O2/c1-5-16(4)24-22(27)17-10-12-18(13-11-17)23-14-21(26)25-20-9-7-6-8-19(20)15(2)3/h6-13,15-16,23H,5,14H2,1-4H3,(H,24,27)(H,25,26). The van der Waals surface area contributed by atoms with Crippen LogP contribution in [0.25, 0.3) is 0 Å². The number of benzene rings is 2. The molecule has 2 rings (SSSR count). The zero-order valence-corrected chi connectivity index (χ0v) is 16.5. The van der Waals surface area contributed by atoms with Crippen molar-refractivity contribution in [3.05, 3.63) is 59.7 Å². The first-order valence-electron chi connectivity index (χ1n) is 9.44. The molecular formula is C22H29N3O2. The van der Waals surface area contributed by atoms with E-state index in [4.69, 9.17) is 0 Å². The molecule has 0 saturated carbocycles. The lowest BCUT2D eigenvalue weighted by molar-refractivity contribution is -0.114. The molecule has 27 heavy (non-hydrogen) atoms. The molecule has 2 amide bonds. The Morgan fingerprint density at radius 1 is 0.963 bits per heavy atom. The van der Waals surface area contributed by atoms with Gasteiger partial charge in [-0.05, 0) is 55.2 Å². The van der Waals surface area contributed by atoms with Gasteiger partial charge in [-0.25, -0.2) is 0 Å². The summed E-state index contributed by atoms with van der Waals surface area (Å²) in [5, 5.41) is 8.98. The maximum absolute atomic E-state index is 12.3. The fourth-order valence-corrected chi connectivity index (χ4v) is 2.64. The quantitative estimate of drug-likeness (QED) is 0.648. The number of carbonyl (C=O) groups is 2. The van der Waals surface area contributed by atoms with Crippen molar-refractivity contribution in [3.8, 4) is 0 Å². The van der Waals surface area contributed by atoms with E-state index in [-0.39, 0.29) is 24.4 Å². The minimum Gasteiger partial charge on any atom is -0.376 e. The average Bonchev–Trinajstić information content (AvgIpc) is 2.66. The molecule has 1 atom stereocenters. The molecule has 0 saturated heterocycles. The topological polar surface area (TPSA) is 70.2 Å². The molecule has 0 fully saturated rings. The monoisotopic (exact) mass is 367 g/mol. The molecule has 2 aromatic carbocycles. The lowest BCUT2D eigenvalue weighted by atomic mass is 10.0. The van der Waals surface area contributed by atoms with Crippen LogP contribution < -0.4 is 16.0 Å². The summed E-state index contributed by atoms with van der Waals surface area (Å²) in [4.78, 5) is 24.3. The Kier molecular flexibility index (Phi) is 7.41. The Hall–Kier alpha value is -2.82. The zero-order valence-electron chi connectivity index (χ0n) is 16.5. The highest BCUT2D eigenvalue weighted by Crippen LogP contribution is 2.23. The van der Waals surface area contributed by atoms with Crippen LogP contribution in [0.3, 0.4) is 0 Å². The Bertz CT molecular complexity index is 769. The third kappa shape index (κ3) is 6.13. The van der Waals surface area contributed by atoms with Gasteiger partial charge in [0.05, 0.1) is 6.54 Å². The summed E-state index contributed by atoms with van der Waals surface area (Å²) in [6.45, 7) is 8.36. The molecule has 0 aromatic heterocycles. The van der Waals surface area contributed by atoms with Crippen LogP contribution in [0.1, 0.15) is 56.0 Å². The number of amides is 2. The van der Waals surface area contributed by atoms with E-state index in [0.717, 1.165) is 23.4 Å². The Balaban J connectivity index is 1.89. The largest absolute Gasteiger partial charge is 0.376 e. The molecule has 5 heteroatoms. The zero-order chi connectivity index (χ0) is 19.8. The highest BCUT2D eigenvalue weighted by Gasteiger charge is 2.10. The lowest BCUT2D eigenvalue weighted by Gasteiger charge is -2.14. The van der Waals surface area contributed by atoms with Crippen LogP contribution >= 0.6 is 0 Å². The second-order valence-corrected chi connectivity index (χ2v) is 7.00. The summed E-state index contributed by atoms with van der Waals surface area (Å²) in [5.74, 6) is 0.143. The third-order valence-electron chi connectivity index (χ3n) is 4.45. The predicted octanol–water partition coefficient (Wildman–Crippen LogP) is 4.39. The summed E-state index contributed by atoms with van der Waals surface area (Å²) in [6, 6.07) is 15.1.